The standard InChI is InChI=1S/C11H19N3O/c1-9(12)5-7-14(2)10-4-6-13-11(8-10)15-3/h4,6,8-9H,5,7,12H2,1-3H3. The molecule has 0 aliphatic carbocycles. The number of ether oxygens (including phenoxy) is 1. The Morgan fingerprint density at radius 2 is 2.33 bits per heavy atom. The largest absolute Gasteiger partial charge is 0.481 e. The highest BCUT2D eigenvalue weighted by atomic mass is 16.5. The summed E-state index contributed by atoms with van der Waals surface area (Å²) < 4.78 is 5.07. The fourth-order valence-corrected chi connectivity index (χ4v) is 1.27. The van der Waals surface area contributed by atoms with E-state index >= 15 is 0 Å². The van der Waals surface area contributed by atoms with Crippen LogP contribution in [-0.2, 0) is 0 Å². The number of nitrogens with two attached hydrogens (primary N) is 1. The van der Waals surface area contributed by atoms with Crippen molar-refractivity contribution in [2.75, 3.05) is 25.6 Å². The van der Waals surface area contributed by atoms with Gasteiger partial charge in [0.05, 0.1) is 7.11 Å². The maximum Gasteiger partial charge on any atom is 0.214 e. The van der Waals surface area contributed by atoms with E-state index in [9.17, 15) is 0 Å². The molecular weight excluding hydrogens is 190 g/mol. The first-order valence-corrected chi connectivity index (χ1v) is 5.10. The Hall–Kier alpha value is -1.29. The van der Waals surface area contributed by atoms with Crippen LogP contribution in [0.3, 0.4) is 0 Å². The third kappa shape index (κ3) is 3.75. The van der Waals surface area contributed by atoms with Gasteiger partial charge in [-0.2, -0.15) is 0 Å². The van der Waals surface area contributed by atoms with Crippen molar-refractivity contribution in [2.45, 2.75) is 19.4 Å². The van der Waals surface area contributed by atoms with Crippen LogP contribution in [0.2, 0.25) is 0 Å². The van der Waals surface area contributed by atoms with Crippen LogP contribution in [0.15, 0.2) is 18.3 Å². The lowest BCUT2D eigenvalue weighted by Crippen LogP contribution is -2.25. The zero-order chi connectivity index (χ0) is 11.3. The van der Waals surface area contributed by atoms with E-state index in [4.69, 9.17) is 10.5 Å². The van der Waals surface area contributed by atoms with Crippen molar-refractivity contribution in [3.8, 4) is 5.88 Å². The molecule has 1 rings (SSSR count). The van der Waals surface area contributed by atoms with Crippen molar-refractivity contribution in [3.05, 3.63) is 18.3 Å². The summed E-state index contributed by atoms with van der Waals surface area (Å²) in [6.07, 6.45) is 2.72. The van der Waals surface area contributed by atoms with E-state index in [1.807, 2.05) is 26.1 Å². The first-order chi connectivity index (χ1) is 7.13. The van der Waals surface area contributed by atoms with Gasteiger partial charge in [0.2, 0.25) is 5.88 Å². The summed E-state index contributed by atoms with van der Waals surface area (Å²) in [4.78, 5) is 6.21. The maximum atomic E-state index is 5.71. The summed E-state index contributed by atoms with van der Waals surface area (Å²) in [7, 11) is 3.66. The first-order valence-electron chi connectivity index (χ1n) is 5.10. The fourth-order valence-electron chi connectivity index (χ4n) is 1.27. The second-order valence-electron chi connectivity index (χ2n) is 3.74. The van der Waals surface area contributed by atoms with Gasteiger partial charge in [0.1, 0.15) is 0 Å². The lowest BCUT2D eigenvalue weighted by molar-refractivity contribution is 0.398. The highest BCUT2D eigenvalue weighted by Gasteiger charge is 2.03. The molecule has 1 unspecified atom stereocenters. The molecule has 0 saturated heterocycles. The smallest absolute Gasteiger partial charge is 0.214 e. The van der Waals surface area contributed by atoms with Crippen LogP contribution in [0.1, 0.15) is 13.3 Å². The summed E-state index contributed by atoms with van der Waals surface area (Å²) in [5.74, 6) is 0.639. The number of pyridine rings is 1. The van der Waals surface area contributed by atoms with Gasteiger partial charge in [-0.3, -0.25) is 0 Å². The number of nitrogens with zero attached hydrogens (tertiary/aromatic N) is 2. The van der Waals surface area contributed by atoms with Crippen LogP contribution in [0.25, 0.3) is 0 Å². The highest BCUT2D eigenvalue weighted by molar-refractivity contribution is 5.47. The third-order valence-corrected chi connectivity index (χ3v) is 2.29. The van der Waals surface area contributed by atoms with Gasteiger partial charge in [0, 0.05) is 37.6 Å². The highest BCUT2D eigenvalue weighted by Crippen LogP contribution is 2.17. The maximum absolute atomic E-state index is 5.71. The van der Waals surface area contributed by atoms with E-state index in [-0.39, 0.29) is 6.04 Å². The number of methoxy groups -OCH3 is 1. The van der Waals surface area contributed by atoms with Crippen LogP contribution in [0.4, 0.5) is 5.69 Å². The Morgan fingerprint density at radius 3 is 2.93 bits per heavy atom. The average molecular weight is 209 g/mol. The number of anilines is 1. The van der Waals surface area contributed by atoms with E-state index in [2.05, 4.69) is 9.88 Å². The topological polar surface area (TPSA) is 51.4 Å². The van der Waals surface area contributed by atoms with E-state index in [0.29, 0.717) is 5.88 Å². The summed E-state index contributed by atoms with van der Waals surface area (Å²) in [6, 6.07) is 4.11. The Bertz CT molecular complexity index is 302. The minimum atomic E-state index is 0.233. The lowest BCUT2D eigenvalue weighted by Gasteiger charge is -2.20. The molecule has 0 radical (unpaired) electrons. The second-order valence-corrected chi connectivity index (χ2v) is 3.74. The molecule has 15 heavy (non-hydrogen) atoms. The molecule has 0 aliphatic heterocycles. The molecule has 0 amide bonds. The number of hydrogen-bond acceptors (Lipinski definition) is 4. The number of hydrogen-bond donors (Lipinski definition) is 1. The van der Waals surface area contributed by atoms with Crippen molar-refractivity contribution in [1.29, 1.82) is 0 Å². The van der Waals surface area contributed by atoms with Gasteiger partial charge in [-0.25, -0.2) is 4.98 Å². The molecule has 4 heteroatoms. The predicted molar refractivity (Wildman–Crippen MR) is 62.3 cm³/mol. The van der Waals surface area contributed by atoms with E-state index in [0.717, 1.165) is 18.7 Å². The summed E-state index contributed by atoms with van der Waals surface area (Å²) in [5.41, 5.74) is 6.81. The van der Waals surface area contributed by atoms with Gasteiger partial charge in [-0.1, -0.05) is 0 Å². The molecule has 4 nitrogen and oxygen atoms in total. The number of aromatic nitrogens is 1. The normalized spacial score (nSPS) is 12.3. The summed E-state index contributed by atoms with van der Waals surface area (Å²) in [5, 5.41) is 0. The minimum Gasteiger partial charge on any atom is -0.481 e. The minimum absolute atomic E-state index is 0.233. The molecule has 0 aromatic carbocycles. The van der Waals surface area contributed by atoms with E-state index in [1.165, 1.54) is 0 Å². The Kier molecular flexibility index (Phi) is 4.37. The van der Waals surface area contributed by atoms with Crippen LogP contribution in [-0.4, -0.2) is 31.7 Å². The molecule has 1 aromatic heterocycles. The SMILES string of the molecule is COc1cc(N(C)CCC(C)N)ccn1. The Labute approximate surface area is 91.1 Å². The zero-order valence-electron chi connectivity index (χ0n) is 9.60. The van der Waals surface area contributed by atoms with Crippen molar-refractivity contribution in [3.63, 3.8) is 0 Å². The van der Waals surface area contributed by atoms with Crippen LogP contribution in [0, 0.1) is 0 Å². The third-order valence-electron chi connectivity index (χ3n) is 2.29. The average Bonchev–Trinajstić information content (AvgIpc) is 2.26. The lowest BCUT2D eigenvalue weighted by atomic mass is 10.2. The second kappa shape index (κ2) is 5.56. The Balaban J connectivity index is 2.60. The zero-order valence-corrected chi connectivity index (χ0v) is 9.60. The molecule has 0 aliphatic rings. The van der Waals surface area contributed by atoms with Crippen LogP contribution in [0.5, 0.6) is 5.88 Å². The fraction of sp³-hybridized carbons (Fsp3) is 0.545. The molecule has 1 heterocycles. The van der Waals surface area contributed by atoms with Crippen molar-refractivity contribution in [2.24, 2.45) is 5.73 Å². The van der Waals surface area contributed by atoms with E-state index < -0.39 is 0 Å². The summed E-state index contributed by atoms with van der Waals surface area (Å²) in [6.45, 7) is 2.95. The molecule has 84 valence electrons. The molecular formula is C11H19N3O. The molecule has 2 N–H and O–H groups in total. The van der Waals surface area contributed by atoms with Gasteiger partial charge in [-0.15, -0.1) is 0 Å². The van der Waals surface area contributed by atoms with Crippen molar-refractivity contribution in [1.82, 2.24) is 4.98 Å². The van der Waals surface area contributed by atoms with Gasteiger partial charge in [0.25, 0.3) is 0 Å². The number of rotatable bonds is 5. The van der Waals surface area contributed by atoms with Crippen LogP contribution >= 0.6 is 0 Å². The summed E-state index contributed by atoms with van der Waals surface area (Å²) >= 11 is 0. The van der Waals surface area contributed by atoms with Crippen molar-refractivity contribution >= 4 is 5.69 Å². The van der Waals surface area contributed by atoms with Crippen LogP contribution < -0.4 is 15.4 Å². The molecule has 0 fully saturated rings. The van der Waals surface area contributed by atoms with Gasteiger partial charge in [-0.05, 0) is 19.4 Å². The van der Waals surface area contributed by atoms with Gasteiger partial charge >= 0.3 is 0 Å². The molecule has 1 aromatic rings. The first kappa shape index (κ1) is 11.8. The molecule has 0 spiro atoms. The molecule has 0 saturated carbocycles. The quantitative estimate of drug-likeness (QED) is 0.793. The van der Waals surface area contributed by atoms with Crippen molar-refractivity contribution < 1.29 is 4.74 Å². The van der Waals surface area contributed by atoms with Gasteiger partial charge < -0.3 is 15.4 Å². The molecule has 0 bridgehead atoms. The predicted octanol–water partition coefficient (Wildman–Crippen LogP) is 1.26. The molecule has 1 atom stereocenters. The Morgan fingerprint density at radius 1 is 1.60 bits per heavy atom. The van der Waals surface area contributed by atoms with Gasteiger partial charge in [0.15, 0.2) is 0 Å². The monoisotopic (exact) mass is 209 g/mol. The van der Waals surface area contributed by atoms with E-state index in [1.54, 1.807) is 13.3 Å².